The van der Waals surface area contributed by atoms with E-state index in [-0.39, 0.29) is 11.7 Å². The third-order valence-electron chi connectivity index (χ3n) is 5.57. The minimum absolute atomic E-state index is 0.0445. The predicted molar refractivity (Wildman–Crippen MR) is 126 cm³/mol. The average Bonchev–Trinajstić information content (AvgIpc) is 3.42. The number of fused-ring (bicyclic) bond motifs is 1. The lowest BCUT2D eigenvalue weighted by Crippen LogP contribution is -2.22. The van der Waals surface area contributed by atoms with Crippen molar-refractivity contribution in [2.75, 3.05) is 16.6 Å². The Morgan fingerprint density at radius 1 is 1.19 bits per heavy atom. The number of pyridine rings is 1. The summed E-state index contributed by atoms with van der Waals surface area (Å²) < 4.78 is 8.11. The minimum Gasteiger partial charge on any atom is -0.489 e. The number of ketones is 1. The second kappa shape index (κ2) is 8.47. The van der Waals surface area contributed by atoms with Crippen LogP contribution in [0.2, 0.25) is 0 Å². The van der Waals surface area contributed by atoms with E-state index < -0.39 is 0 Å². The number of nitrogens with one attached hydrogen (secondary N) is 1. The maximum Gasteiger partial charge on any atom is 0.171 e. The Balaban J connectivity index is 1.34. The molecule has 1 fully saturated rings. The second-order valence-corrected chi connectivity index (χ2v) is 8.77. The molecule has 156 valence electrons. The van der Waals surface area contributed by atoms with Gasteiger partial charge in [-0.3, -0.25) is 9.78 Å². The van der Waals surface area contributed by atoms with E-state index in [9.17, 15) is 4.79 Å². The Hall–Kier alpha value is -3.25. The van der Waals surface area contributed by atoms with Gasteiger partial charge in [-0.2, -0.15) is 0 Å². The summed E-state index contributed by atoms with van der Waals surface area (Å²) in [6.07, 6.45) is 3.60. The third-order valence-corrected chi connectivity index (χ3v) is 6.80. The van der Waals surface area contributed by atoms with E-state index in [1.807, 2.05) is 73.8 Å². The minimum atomic E-state index is -0.0445. The van der Waals surface area contributed by atoms with Crippen molar-refractivity contribution in [3.63, 3.8) is 0 Å². The molecule has 0 radical (unpaired) electrons. The number of anilines is 1. The van der Waals surface area contributed by atoms with Crippen molar-refractivity contribution in [2.24, 2.45) is 5.92 Å². The highest BCUT2D eigenvalue weighted by Crippen LogP contribution is 2.35. The van der Waals surface area contributed by atoms with Crippen molar-refractivity contribution >= 4 is 34.3 Å². The van der Waals surface area contributed by atoms with E-state index in [2.05, 4.69) is 14.3 Å². The maximum atomic E-state index is 13.4. The van der Waals surface area contributed by atoms with Gasteiger partial charge in [0.05, 0.1) is 23.3 Å². The van der Waals surface area contributed by atoms with Gasteiger partial charge in [-0.1, -0.05) is 30.3 Å². The number of hydrogen-bond donors (Lipinski definition) is 1. The van der Waals surface area contributed by atoms with Gasteiger partial charge in [0.15, 0.2) is 5.78 Å². The van der Waals surface area contributed by atoms with Crippen LogP contribution < -0.4 is 9.04 Å². The highest BCUT2D eigenvalue weighted by Gasteiger charge is 2.32. The van der Waals surface area contributed by atoms with E-state index in [0.717, 1.165) is 44.9 Å². The van der Waals surface area contributed by atoms with Gasteiger partial charge in [-0.15, -0.1) is 0 Å². The summed E-state index contributed by atoms with van der Waals surface area (Å²) in [7, 11) is 0. The van der Waals surface area contributed by atoms with E-state index in [4.69, 9.17) is 4.74 Å². The first-order chi connectivity index (χ1) is 15.2. The van der Waals surface area contributed by atoms with Crippen LogP contribution in [0.5, 0.6) is 5.75 Å². The smallest absolute Gasteiger partial charge is 0.171 e. The largest absolute Gasteiger partial charge is 0.489 e. The number of aromatic amines is 1. The molecule has 2 aromatic carbocycles. The average molecular weight is 430 g/mol. The van der Waals surface area contributed by atoms with Crippen LogP contribution in [0.15, 0.2) is 73.1 Å². The topological polar surface area (TPSA) is 58.2 Å². The zero-order valence-corrected chi connectivity index (χ0v) is 18.1. The monoisotopic (exact) mass is 429 g/mol. The van der Waals surface area contributed by atoms with E-state index in [1.165, 1.54) is 0 Å². The van der Waals surface area contributed by atoms with Crippen LogP contribution >= 0.6 is 11.9 Å². The van der Waals surface area contributed by atoms with Crippen molar-refractivity contribution in [3.05, 3.63) is 89.9 Å². The quantitative estimate of drug-likeness (QED) is 0.328. The number of carbonyl (C=O) groups excluding carboxylic acids is 1. The van der Waals surface area contributed by atoms with E-state index >= 15 is 0 Å². The van der Waals surface area contributed by atoms with Crippen molar-refractivity contribution in [2.45, 2.75) is 13.5 Å². The van der Waals surface area contributed by atoms with Gasteiger partial charge in [0.1, 0.15) is 12.4 Å². The first kappa shape index (κ1) is 19.7. The zero-order chi connectivity index (χ0) is 21.2. The molecule has 0 saturated carbocycles. The van der Waals surface area contributed by atoms with Crippen LogP contribution in [0, 0.1) is 12.8 Å². The van der Waals surface area contributed by atoms with Crippen molar-refractivity contribution in [3.8, 4) is 5.75 Å². The van der Waals surface area contributed by atoms with Gasteiger partial charge in [0.25, 0.3) is 0 Å². The molecule has 3 heterocycles. The predicted octanol–water partition coefficient (Wildman–Crippen LogP) is 5.42. The lowest BCUT2D eigenvalue weighted by atomic mass is 9.96. The Morgan fingerprint density at radius 3 is 2.87 bits per heavy atom. The molecule has 6 heteroatoms. The fourth-order valence-electron chi connectivity index (χ4n) is 3.99. The molecule has 0 spiro atoms. The van der Waals surface area contributed by atoms with Crippen LogP contribution in [0.25, 0.3) is 10.9 Å². The van der Waals surface area contributed by atoms with Gasteiger partial charge in [0.2, 0.25) is 0 Å². The molecular weight excluding hydrogens is 406 g/mol. The first-order valence-electron chi connectivity index (χ1n) is 10.3. The Bertz CT molecular complexity index is 1210. The molecule has 1 unspecified atom stereocenters. The van der Waals surface area contributed by atoms with E-state index in [0.29, 0.717) is 13.2 Å². The molecule has 1 atom stereocenters. The van der Waals surface area contributed by atoms with Crippen LogP contribution in [0.3, 0.4) is 0 Å². The molecule has 0 bridgehead atoms. The number of aryl methyl sites for hydroxylation is 1. The number of ether oxygens (including phenoxy) is 1. The van der Waals surface area contributed by atoms with Crippen LogP contribution in [0.1, 0.15) is 21.6 Å². The summed E-state index contributed by atoms with van der Waals surface area (Å²) in [4.78, 5) is 21.0. The highest BCUT2D eigenvalue weighted by molar-refractivity contribution is 8.00. The SMILES string of the molecule is Cc1[nH]c2cc(OCc3ccccc3)ccc2c1C(=O)C1CSN(c2cccnc2)C1. The molecule has 2 aromatic heterocycles. The number of Topliss-reactive ketones (excluding diaryl/α,β-unsaturated/α-hetero) is 1. The number of carbonyl (C=O) groups is 1. The van der Waals surface area contributed by atoms with Crippen molar-refractivity contribution in [1.82, 2.24) is 9.97 Å². The molecule has 1 N–H and O–H groups in total. The summed E-state index contributed by atoms with van der Waals surface area (Å²) in [6, 6.07) is 20.0. The fraction of sp³-hybridized carbons (Fsp3) is 0.200. The van der Waals surface area contributed by atoms with Crippen molar-refractivity contribution < 1.29 is 9.53 Å². The summed E-state index contributed by atoms with van der Waals surface area (Å²) >= 11 is 1.69. The first-order valence-corrected chi connectivity index (χ1v) is 11.3. The number of rotatable bonds is 6. The normalized spacial score (nSPS) is 16.0. The molecule has 5 rings (SSSR count). The molecule has 31 heavy (non-hydrogen) atoms. The van der Waals surface area contributed by atoms with Gasteiger partial charge < -0.3 is 14.0 Å². The Kier molecular flexibility index (Phi) is 5.38. The van der Waals surface area contributed by atoms with Crippen LogP contribution in [0.4, 0.5) is 5.69 Å². The van der Waals surface area contributed by atoms with Crippen LogP contribution in [-0.4, -0.2) is 28.0 Å². The van der Waals surface area contributed by atoms with Gasteiger partial charge in [0, 0.05) is 41.2 Å². The number of benzene rings is 2. The number of hydrogen-bond acceptors (Lipinski definition) is 5. The molecular formula is C25H23N3O2S. The Labute approximate surface area is 185 Å². The molecule has 4 aromatic rings. The number of H-pyrrole nitrogens is 1. The Morgan fingerprint density at radius 2 is 2.06 bits per heavy atom. The molecule has 0 aliphatic carbocycles. The molecule has 0 amide bonds. The van der Waals surface area contributed by atoms with Crippen LogP contribution in [-0.2, 0) is 6.61 Å². The maximum absolute atomic E-state index is 13.4. The molecule has 5 nitrogen and oxygen atoms in total. The summed E-state index contributed by atoms with van der Waals surface area (Å²) in [6.45, 7) is 3.18. The molecule has 1 aliphatic heterocycles. The summed E-state index contributed by atoms with van der Waals surface area (Å²) in [5, 5.41) is 0.958. The third kappa shape index (κ3) is 4.03. The fourth-order valence-corrected chi connectivity index (χ4v) is 5.15. The van der Waals surface area contributed by atoms with Gasteiger partial charge in [-0.05, 0) is 48.7 Å². The molecule has 1 saturated heterocycles. The zero-order valence-electron chi connectivity index (χ0n) is 17.2. The van der Waals surface area contributed by atoms with E-state index in [1.54, 1.807) is 18.1 Å². The molecule has 1 aliphatic rings. The second-order valence-electron chi connectivity index (χ2n) is 7.74. The number of nitrogens with zero attached hydrogens (tertiary/aromatic N) is 2. The van der Waals surface area contributed by atoms with Gasteiger partial charge in [-0.25, -0.2) is 0 Å². The lowest BCUT2D eigenvalue weighted by Gasteiger charge is -2.16. The summed E-state index contributed by atoms with van der Waals surface area (Å²) in [5.41, 5.74) is 4.80. The number of aromatic nitrogens is 2. The lowest BCUT2D eigenvalue weighted by molar-refractivity contribution is 0.0941. The summed E-state index contributed by atoms with van der Waals surface area (Å²) in [5.74, 6) is 1.71. The van der Waals surface area contributed by atoms with Crippen molar-refractivity contribution in [1.29, 1.82) is 0 Å². The van der Waals surface area contributed by atoms with Gasteiger partial charge >= 0.3 is 0 Å². The standard InChI is InChI=1S/C25H23N3O2S/c1-17-24(25(29)19-14-28(31-16-19)20-8-5-11-26-13-20)22-10-9-21(12-23(22)27-17)30-15-18-6-3-2-4-7-18/h2-13,19,27H,14-16H2,1H3. The highest BCUT2D eigenvalue weighted by atomic mass is 32.2.